The zero-order valence-electron chi connectivity index (χ0n) is 9.86. The van der Waals surface area contributed by atoms with E-state index < -0.39 is 0 Å². The van der Waals surface area contributed by atoms with Gasteiger partial charge in [0.25, 0.3) is 0 Å². The molecule has 4 heteroatoms. The van der Waals surface area contributed by atoms with Gasteiger partial charge in [0.15, 0.2) is 0 Å². The third-order valence-electron chi connectivity index (χ3n) is 2.29. The van der Waals surface area contributed by atoms with Crippen LogP contribution in [0.3, 0.4) is 0 Å². The standard InChI is InChI=1S/C12H16N4/c1-8(2)6-14-12-10-4-5-13-7-11(10)15-9(3)16-12/h4-5,7-8H,6H2,1-3H3,(H,14,15,16). The van der Waals surface area contributed by atoms with Gasteiger partial charge in [-0.15, -0.1) is 0 Å². The van der Waals surface area contributed by atoms with Crippen molar-refractivity contribution in [1.82, 2.24) is 15.0 Å². The Balaban J connectivity index is 2.42. The van der Waals surface area contributed by atoms with E-state index in [-0.39, 0.29) is 0 Å². The van der Waals surface area contributed by atoms with Gasteiger partial charge in [-0.05, 0) is 18.9 Å². The van der Waals surface area contributed by atoms with E-state index >= 15 is 0 Å². The molecule has 2 aromatic rings. The Hall–Kier alpha value is -1.71. The number of pyridine rings is 1. The molecule has 0 radical (unpaired) electrons. The number of nitrogens with one attached hydrogen (secondary N) is 1. The lowest BCUT2D eigenvalue weighted by Gasteiger charge is -2.10. The van der Waals surface area contributed by atoms with Crippen LogP contribution in [-0.4, -0.2) is 21.5 Å². The number of hydrogen-bond acceptors (Lipinski definition) is 4. The Labute approximate surface area is 95.1 Å². The summed E-state index contributed by atoms with van der Waals surface area (Å²) in [5, 5.41) is 4.38. The number of aromatic nitrogens is 3. The van der Waals surface area contributed by atoms with Gasteiger partial charge in [-0.25, -0.2) is 9.97 Å². The fourth-order valence-electron chi connectivity index (χ4n) is 1.53. The highest BCUT2D eigenvalue weighted by atomic mass is 15.0. The Bertz CT molecular complexity index is 493. The van der Waals surface area contributed by atoms with Crippen molar-refractivity contribution in [2.75, 3.05) is 11.9 Å². The molecule has 16 heavy (non-hydrogen) atoms. The molecule has 0 spiro atoms. The van der Waals surface area contributed by atoms with E-state index in [0.717, 1.165) is 29.1 Å². The van der Waals surface area contributed by atoms with E-state index in [1.807, 2.05) is 13.0 Å². The van der Waals surface area contributed by atoms with Crippen LogP contribution < -0.4 is 5.32 Å². The Morgan fingerprint density at radius 2 is 2.12 bits per heavy atom. The van der Waals surface area contributed by atoms with Crippen molar-refractivity contribution in [1.29, 1.82) is 0 Å². The highest BCUT2D eigenvalue weighted by Gasteiger charge is 2.05. The lowest BCUT2D eigenvalue weighted by Crippen LogP contribution is -2.10. The first kappa shape index (κ1) is 10.8. The first-order chi connectivity index (χ1) is 7.66. The van der Waals surface area contributed by atoms with Gasteiger partial charge in [-0.2, -0.15) is 0 Å². The second kappa shape index (κ2) is 4.43. The van der Waals surface area contributed by atoms with Gasteiger partial charge >= 0.3 is 0 Å². The number of nitrogens with zero attached hydrogens (tertiary/aromatic N) is 3. The van der Waals surface area contributed by atoms with Crippen LogP contribution in [0.2, 0.25) is 0 Å². The van der Waals surface area contributed by atoms with E-state index in [1.54, 1.807) is 12.4 Å². The van der Waals surface area contributed by atoms with Crippen molar-refractivity contribution in [3.63, 3.8) is 0 Å². The maximum atomic E-state index is 4.42. The van der Waals surface area contributed by atoms with Crippen LogP contribution in [-0.2, 0) is 0 Å². The molecule has 0 unspecified atom stereocenters. The van der Waals surface area contributed by atoms with Gasteiger partial charge in [0, 0.05) is 18.1 Å². The van der Waals surface area contributed by atoms with Gasteiger partial charge in [0.1, 0.15) is 11.6 Å². The van der Waals surface area contributed by atoms with Crippen molar-refractivity contribution in [2.24, 2.45) is 5.92 Å². The van der Waals surface area contributed by atoms with E-state index in [4.69, 9.17) is 0 Å². The van der Waals surface area contributed by atoms with E-state index in [0.29, 0.717) is 5.92 Å². The fraction of sp³-hybridized carbons (Fsp3) is 0.417. The van der Waals surface area contributed by atoms with Gasteiger partial charge in [0.2, 0.25) is 0 Å². The van der Waals surface area contributed by atoms with E-state index in [2.05, 4.69) is 34.1 Å². The summed E-state index contributed by atoms with van der Waals surface area (Å²) in [6.45, 7) is 7.15. The highest BCUT2D eigenvalue weighted by molar-refractivity contribution is 5.88. The predicted molar refractivity (Wildman–Crippen MR) is 65.4 cm³/mol. The minimum atomic E-state index is 0.590. The molecule has 84 valence electrons. The molecule has 0 aliphatic rings. The van der Waals surface area contributed by atoms with Crippen molar-refractivity contribution in [3.05, 3.63) is 24.3 Å². The second-order valence-corrected chi connectivity index (χ2v) is 4.29. The van der Waals surface area contributed by atoms with E-state index in [9.17, 15) is 0 Å². The van der Waals surface area contributed by atoms with Crippen LogP contribution in [0.4, 0.5) is 5.82 Å². The average molecular weight is 216 g/mol. The topological polar surface area (TPSA) is 50.7 Å². The van der Waals surface area contributed by atoms with Crippen LogP contribution >= 0.6 is 0 Å². The van der Waals surface area contributed by atoms with Crippen molar-refractivity contribution >= 4 is 16.7 Å². The van der Waals surface area contributed by atoms with Gasteiger partial charge < -0.3 is 5.32 Å². The molecule has 0 saturated carbocycles. The summed E-state index contributed by atoms with van der Waals surface area (Å²) < 4.78 is 0. The summed E-state index contributed by atoms with van der Waals surface area (Å²) in [4.78, 5) is 12.8. The lowest BCUT2D eigenvalue weighted by molar-refractivity contribution is 0.687. The van der Waals surface area contributed by atoms with Gasteiger partial charge in [0.05, 0.1) is 11.7 Å². The number of fused-ring (bicyclic) bond motifs is 1. The van der Waals surface area contributed by atoms with Crippen LogP contribution in [0.25, 0.3) is 10.9 Å². The SMILES string of the molecule is Cc1nc(NCC(C)C)c2ccncc2n1. The number of rotatable bonds is 3. The van der Waals surface area contributed by atoms with E-state index in [1.165, 1.54) is 0 Å². The molecule has 2 rings (SSSR count). The molecular weight excluding hydrogens is 200 g/mol. The number of hydrogen-bond donors (Lipinski definition) is 1. The molecule has 0 fully saturated rings. The molecular formula is C12H16N4. The summed E-state index contributed by atoms with van der Waals surface area (Å²) in [6.07, 6.45) is 3.53. The van der Waals surface area contributed by atoms with Crippen molar-refractivity contribution in [2.45, 2.75) is 20.8 Å². The summed E-state index contributed by atoms with van der Waals surface area (Å²) in [5.41, 5.74) is 0.890. The molecule has 0 saturated heterocycles. The van der Waals surface area contributed by atoms with Crippen LogP contribution in [0, 0.1) is 12.8 Å². The van der Waals surface area contributed by atoms with Crippen molar-refractivity contribution in [3.8, 4) is 0 Å². The smallest absolute Gasteiger partial charge is 0.137 e. The fourth-order valence-corrected chi connectivity index (χ4v) is 1.53. The molecule has 0 amide bonds. The van der Waals surface area contributed by atoms with Gasteiger partial charge in [-0.3, -0.25) is 4.98 Å². The lowest BCUT2D eigenvalue weighted by atomic mass is 10.2. The minimum absolute atomic E-state index is 0.590. The second-order valence-electron chi connectivity index (χ2n) is 4.29. The zero-order chi connectivity index (χ0) is 11.5. The Kier molecular flexibility index (Phi) is 2.99. The molecule has 4 nitrogen and oxygen atoms in total. The molecule has 0 aromatic carbocycles. The summed E-state index contributed by atoms with van der Waals surface area (Å²) >= 11 is 0. The van der Waals surface area contributed by atoms with Crippen LogP contribution in [0.5, 0.6) is 0 Å². The molecule has 2 aromatic heterocycles. The minimum Gasteiger partial charge on any atom is -0.369 e. The molecule has 0 atom stereocenters. The third kappa shape index (κ3) is 2.27. The Morgan fingerprint density at radius 3 is 2.88 bits per heavy atom. The summed E-state index contributed by atoms with van der Waals surface area (Å²) in [6, 6.07) is 1.94. The van der Waals surface area contributed by atoms with Crippen molar-refractivity contribution < 1.29 is 0 Å². The monoisotopic (exact) mass is 216 g/mol. The number of anilines is 1. The molecule has 0 bridgehead atoms. The van der Waals surface area contributed by atoms with Crippen LogP contribution in [0.15, 0.2) is 18.5 Å². The maximum Gasteiger partial charge on any atom is 0.137 e. The molecule has 0 aliphatic heterocycles. The first-order valence-electron chi connectivity index (χ1n) is 5.49. The normalized spacial score (nSPS) is 11.0. The zero-order valence-corrected chi connectivity index (χ0v) is 9.86. The predicted octanol–water partition coefficient (Wildman–Crippen LogP) is 2.40. The largest absolute Gasteiger partial charge is 0.369 e. The summed E-state index contributed by atoms with van der Waals surface area (Å²) in [5.74, 6) is 2.26. The molecule has 2 heterocycles. The van der Waals surface area contributed by atoms with Crippen LogP contribution in [0.1, 0.15) is 19.7 Å². The first-order valence-corrected chi connectivity index (χ1v) is 5.49. The molecule has 0 aliphatic carbocycles. The quantitative estimate of drug-likeness (QED) is 0.856. The summed E-state index contributed by atoms with van der Waals surface area (Å²) in [7, 11) is 0. The molecule has 1 N–H and O–H groups in total. The number of aryl methyl sites for hydroxylation is 1. The maximum absolute atomic E-state index is 4.42. The average Bonchev–Trinajstić information content (AvgIpc) is 2.25. The van der Waals surface area contributed by atoms with Gasteiger partial charge in [-0.1, -0.05) is 13.8 Å². The highest BCUT2D eigenvalue weighted by Crippen LogP contribution is 2.18. The Morgan fingerprint density at radius 1 is 1.31 bits per heavy atom. The third-order valence-corrected chi connectivity index (χ3v) is 2.29.